The van der Waals surface area contributed by atoms with Crippen LogP contribution >= 0.6 is 11.8 Å². The third-order valence-corrected chi connectivity index (χ3v) is 11.9. The molecule has 0 radical (unpaired) electrons. The molecule has 2 nitrogen and oxygen atoms in total. The molecule has 10 aromatic rings. The van der Waals surface area contributed by atoms with E-state index in [4.69, 9.17) is 4.98 Å². The van der Waals surface area contributed by atoms with Gasteiger partial charge >= 0.3 is 0 Å². The summed E-state index contributed by atoms with van der Waals surface area (Å²) >= 11 is 1.87. The van der Waals surface area contributed by atoms with Crippen LogP contribution in [0.25, 0.3) is 94.2 Å². The first-order chi connectivity index (χ1) is 26.7. The van der Waals surface area contributed by atoms with E-state index in [2.05, 4.69) is 199 Å². The van der Waals surface area contributed by atoms with Crippen molar-refractivity contribution in [3.63, 3.8) is 0 Å². The maximum absolute atomic E-state index is 5.24. The second kappa shape index (κ2) is 12.5. The molecule has 3 heteroatoms. The van der Waals surface area contributed by atoms with Gasteiger partial charge in [-0.1, -0.05) is 145 Å². The molecule has 0 fully saturated rings. The summed E-state index contributed by atoms with van der Waals surface area (Å²) in [5.41, 5.74) is 14.9. The zero-order valence-electron chi connectivity index (χ0n) is 29.3. The summed E-state index contributed by atoms with van der Waals surface area (Å²) in [6.45, 7) is 0. The van der Waals surface area contributed by atoms with Crippen LogP contribution in [0.4, 0.5) is 0 Å². The molecule has 3 heterocycles. The van der Waals surface area contributed by atoms with Crippen molar-refractivity contribution in [1.82, 2.24) is 9.55 Å². The molecule has 0 saturated heterocycles. The summed E-state index contributed by atoms with van der Waals surface area (Å²) in [5.74, 6) is 0. The quantitative estimate of drug-likeness (QED) is 0.177. The molecule has 0 unspecified atom stereocenters. The molecule has 2 aromatic heterocycles. The van der Waals surface area contributed by atoms with Crippen LogP contribution in [0.15, 0.2) is 204 Å². The van der Waals surface area contributed by atoms with Crippen molar-refractivity contribution in [2.45, 2.75) is 9.79 Å². The number of rotatable bonds is 5. The number of hydrogen-bond acceptors (Lipinski definition) is 2. The van der Waals surface area contributed by atoms with Crippen molar-refractivity contribution in [1.29, 1.82) is 0 Å². The van der Waals surface area contributed by atoms with Crippen LogP contribution in [-0.2, 0) is 0 Å². The van der Waals surface area contributed by atoms with Crippen molar-refractivity contribution in [3.8, 4) is 61.6 Å². The van der Waals surface area contributed by atoms with Crippen molar-refractivity contribution in [2.24, 2.45) is 0 Å². The minimum Gasteiger partial charge on any atom is -0.309 e. The first kappa shape index (κ1) is 30.9. The lowest BCUT2D eigenvalue weighted by Crippen LogP contribution is -1.96. The highest BCUT2D eigenvalue weighted by Crippen LogP contribution is 2.49. The summed E-state index contributed by atoms with van der Waals surface area (Å²) in [6, 6.07) is 70.3. The molecule has 0 saturated carbocycles. The normalized spacial score (nSPS) is 12.0. The molecule has 8 aromatic carbocycles. The Bertz CT molecular complexity index is 3010. The van der Waals surface area contributed by atoms with Gasteiger partial charge in [-0.15, -0.1) is 0 Å². The van der Waals surface area contributed by atoms with Crippen LogP contribution in [0.1, 0.15) is 0 Å². The first-order valence-corrected chi connectivity index (χ1v) is 19.2. The minimum absolute atomic E-state index is 0.948. The van der Waals surface area contributed by atoms with Gasteiger partial charge in [-0.2, -0.15) is 0 Å². The van der Waals surface area contributed by atoms with E-state index in [0.717, 1.165) is 33.8 Å². The highest BCUT2D eigenvalue weighted by Gasteiger charge is 2.20. The summed E-state index contributed by atoms with van der Waals surface area (Å²) in [5, 5.41) is 5.13. The smallest absolute Gasteiger partial charge is 0.0716 e. The zero-order valence-corrected chi connectivity index (χ0v) is 30.1. The van der Waals surface area contributed by atoms with Gasteiger partial charge in [0.05, 0.1) is 22.4 Å². The Labute approximate surface area is 318 Å². The van der Waals surface area contributed by atoms with E-state index < -0.39 is 0 Å². The molecule has 0 aliphatic carbocycles. The Morgan fingerprint density at radius 1 is 0.370 bits per heavy atom. The maximum atomic E-state index is 5.24. The summed E-state index contributed by atoms with van der Waals surface area (Å²) < 4.78 is 2.40. The number of nitrogens with zero attached hydrogens (tertiary/aromatic N) is 2. The predicted molar refractivity (Wildman–Crippen MR) is 227 cm³/mol. The Balaban J connectivity index is 1.04. The Morgan fingerprint density at radius 3 is 1.89 bits per heavy atom. The van der Waals surface area contributed by atoms with Gasteiger partial charge in [0, 0.05) is 42.8 Å². The molecular weight excluding hydrogens is 673 g/mol. The fourth-order valence-corrected chi connectivity index (χ4v) is 9.34. The Morgan fingerprint density at radius 2 is 1.04 bits per heavy atom. The second-order valence-corrected chi connectivity index (χ2v) is 15.0. The lowest BCUT2D eigenvalue weighted by Gasteiger charge is -2.21. The number of aromatic nitrogens is 2. The van der Waals surface area contributed by atoms with E-state index in [1.54, 1.807) is 0 Å². The molecule has 0 spiro atoms. The topological polar surface area (TPSA) is 17.8 Å². The molecule has 1 aliphatic rings. The maximum Gasteiger partial charge on any atom is 0.0716 e. The molecule has 0 atom stereocenters. The van der Waals surface area contributed by atoms with Gasteiger partial charge in [0.1, 0.15) is 0 Å². The van der Waals surface area contributed by atoms with Crippen LogP contribution in [0, 0.1) is 0 Å². The van der Waals surface area contributed by atoms with Gasteiger partial charge in [0.15, 0.2) is 0 Å². The predicted octanol–water partition coefficient (Wildman–Crippen LogP) is 14.1. The van der Waals surface area contributed by atoms with Crippen LogP contribution in [-0.4, -0.2) is 9.55 Å². The van der Waals surface area contributed by atoms with Crippen LogP contribution in [0.3, 0.4) is 0 Å². The first-order valence-electron chi connectivity index (χ1n) is 18.4. The van der Waals surface area contributed by atoms with Gasteiger partial charge in [-0.25, -0.2) is 4.98 Å². The zero-order chi connectivity index (χ0) is 35.6. The Hall–Kier alpha value is -6.68. The van der Waals surface area contributed by atoms with Crippen LogP contribution in [0.5, 0.6) is 0 Å². The molecule has 252 valence electrons. The molecule has 11 rings (SSSR count). The van der Waals surface area contributed by atoms with Gasteiger partial charge in [0.2, 0.25) is 0 Å². The number of pyridine rings is 1. The van der Waals surface area contributed by atoms with E-state index >= 15 is 0 Å². The standard InChI is InChI=1S/C51H32N2S/c1-3-12-33(13-4-1)39-31-45(34-14-5-2-6-15-34)52-46(32-39)38-18-9-19-40(28-38)53-47-22-8-7-20-41(47)43-29-36(24-26-48(43)53)37-25-27-49-44(30-37)42-21-10-16-35-17-11-23-50(54-49)51(35)42/h1-32H. The lowest BCUT2D eigenvalue weighted by molar-refractivity contribution is 1.18. The second-order valence-electron chi connectivity index (χ2n) is 14.0. The molecule has 0 bridgehead atoms. The highest BCUT2D eigenvalue weighted by atomic mass is 32.2. The van der Waals surface area contributed by atoms with Gasteiger partial charge in [0.25, 0.3) is 0 Å². The van der Waals surface area contributed by atoms with Crippen molar-refractivity contribution in [2.75, 3.05) is 0 Å². The van der Waals surface area contributed by atoms with Crippen molar-refractivity contribution >= 4 is 44.3 Å². The van der Waals surface area contributed by atoms with E-state index in [-0.39, 0.29) is 0 Å². The average molecular weight is 705 g/mol. The number of benzene rings is 8. The number of fused-ring (bicyclic) bond motifs is 5. The van der Waals surface area contributed by atoms with Gasteiger partial charge < -0.3 is 4.57 Å². The SMILES string of the molecule is c1ccc(-c2cc(-c3ccccc3)nc(-c3cccc(-n4c5ccccc5c5cc(-c6ccc7c(c6)-c6cccc8cccc(c68)S7)ccc54)c3)c2)cc1. The van der Waals surface area contributed by atoms with E-state index in [1.807, 2.05) is 11.8 Å². The van der Waals surface area contributed by atoms with Crippen molar-refractivity contribution in [3.05, 3.63) is 194 Å². The van der Waals surface area contributed by atoms with Crippen LogP contribution in [0.2, 0.25) is 0 Å². The molecule has 0 N–H and O–H groups in total. The fourth-order valence-electron chi connectivity index (χ4n) is 8.21. The number of hydrogen-bond donors (Lipinski definition) is 0. The van der Waals surface area contributed by atoms with E-state index in [0.29, 0.717) is 0 Å². The lowest BCUT2D eigenvalue weighted by atomic mass is 9.94. The monoisotopic (exact) mass is 704 g/mol. The third-order valence-electron chi connectivity index (χ3n) is 10.8. The number of para-hydroxylation sites is 1. The largest absolute Gasteiger partial charge is 0.309 e. The molecule has 1 aliphatic heterocycles. The minimum atomic E-state index is 0.948. The van der Waals surface area contributed by atoms with Crippen LogP contribution < -0.4 is 0 Å². The van der Waals surface area contributed by atoms with E-state index in [9.17, 15) is 0 Å². The van der Waals surface area contributed by atoms with Crippen molar-refractivity contribution < 1.29 is 0 Å². The summed E-state index contributed by atoms with van der Waals surface area (Å²) in [7, 11) is 0. The molecule has 0 amide bonds. The van der Waals surface area contributed by atoms with Gasteiger partial charge in [-0.3, -0.25) is 0 Å². The average Bonchev–Trinajstić information content (AvgIpc) is 3.58. The van der Waals surface area contributed by atoms with E-state index in [1.165, 1.54) is 70.2 Å². The summed E-state index contributed by atoms with van der Waals surface area (Å²) in [6.07, 6.45) is 0. The molecular formula is C51H32N2S. The van der Waals surface area contributed by atoms with Gasteiger partial charge in [-0.05, 0) is 99.4 Å². The Kier molecular flexibility index (Phi) is 7.14. The highest BCUT2D eigenvalue weighted by molar-refractivity contribution is 7.99. The third kappa shape index (κ3) is 5.08. The fraction of sp³-hybridized carbons (Fsp3) is 0. The summed E-state index contributed by atoms with van der Waals surface area (Å²) in [4.78, 5) is 7.88. The molecule has 54 heavy (non-hydrogen) atoms.